The highest BCUT2D eigenvalue weighted by atomic mass is 35.5. The summed E-state index contributed by atoms with van der Waals surface area (Å²) in [6.07, 6.45) is 1.62. The SMILES string of the molecule is Nc1[nH]c(=S)nc2c1C(c1ccc(Cl)cc1Cl)C1=C(CCCC1=O)N2c1ccc(S(N)(=O)=O)cc1. The van der Waals surface area contributed by atoms with Gasteiger partial charge >= 0.3 is 0 Å². The zero-order chi connectivity index (χ0) is 25.1. The molecule has 0 spiro atoms. The molecule has 3 aromatic rings. The van der Waals surface area contributed by atoms with E-state index in [0.717, 1.165) is 5.70 Å². The summed E-state index contributed by atoms with van der Waals surface area (Å²) in [5.41, 5.74) is 9.56. The van der Waals surface area contributed by atoms with Crippen LogP contribution in [0, 0.1) is 4.77 Å². The van der Waals surface area contributed by atoms with Crippen LogP contribution < -0.4 is 15.8 Å². The van der Waals surface area contributed by atoms with Crippen LogP contribution in [0.15, 0.2) is 58.6 Å². The predicted octanol–water partition coefficient (Wildman–Crippen LogP) is 4.97. The first-order valence-electron chi connectivity index (χ1n) is 10.6. The smallest absolute Gasteiger partial charge is 0.238 e. The molecule has 1 unspecified atom stereocenters. The molecule has 5 N–H and O–H groups in total. The minimum Gasteiger partial charge on any atom is -0.385 e. The number of hydrogen-bond donors (Lipinski definition) is 3. The maximum atomic E-state index is 13.4. The van der Waals surface area contributed by atoms with Gasteiger partial charge in [-0.3, -0.25) is 9.69 Å². The van der Waals surface area contributed by atoms with Crippen LogP contribution in [0.3, 0.4) is 0 Å². The van der Waals surface area contributed by atoms with E-state index in [-0.39, 0.29) is 21.3 Å². The lowest BCUT2D eigenvalue weighted by molar-refractivity contribution is -0.116. The average Bonchev–Trinajstić information content (AvgIpc) is 2.77. The highest BCUT2D eigenvalue weighted by molar-refractivity contribution is 7.89. The molecule has 0 fully saturated rings. The summed E-state index contributed by atoms with van der Waals surface area (Å²) < 4.78 is 23.7. The van der Waals surface area contributed by atoms with Crippen LogP contribution in [0.1, 0.15) is 36.3 Å². The number of halogens is 2. The van der Waals surface area contributed by atoms with Gasteiger partial charge in [0.15, 0.2) is 10.6 Å². The fourth-order valence-electron chi connectivity index (χ4n) is 4.73. The molecule has 180 valence electrons. The Morgan fingerprint density at radius 1 is 1.11 bits per heavy atom. The zero-order valence-electron chi connectivity index (χ0n) is 18.1. The van der Waals surface area contributed by atoms with E-state index in [0.29, 0.717) is 57.5 Å². The first kappa shape index (κ1) is 24.0. The van der Waals surface area contributed by atoms with Gasteiger partial charge in [-0.15, -0.1) is 0 Å². The van der Waals surface area contributed by atoms with Gasteiger partial charge in [0.25, 0.3) is 0 Å². The topological polar surface area (TPSA) is 135 Å². The number of hydrogen-bond acceptors (Lipinski definition) is 7. The van der Waals surface area contributed by atoms with Crippen molar-refractivity contribution in [1.29, 1.82) is 0 Å². The third kappa shape index (κ3) is 4.15. The zero-order valence-corrected chi connectivity index (χ0v) is 21.2. The second-order valence-corrected chi connectivity index (χ2v) is 11.1. The van der Waals surface area contributed by atoms with Gasteiger partial charge < -0.3 is 10.7 Å². The predicted molar refractivity (Wildman–Crippen MR) is 138 cm³/mol. The highest BCUT2D eigenvalue weighted by Gasteiger charge is 2.42. The van der Waals surface area contributed by atoms with Gasteiger partial charge in [0, 0.05) is 44.9 Å². The van der Waals surface area contributed by atoms with E-state index in [1.54, 1.807) is 30.3 Å². The van der Waals surface area contributed by atoms with Crippen molar-refractivity contribution >= 4 is 68.5 Å². The molecule has 8 nitrogen and oxygen atoms in total. The summed E-state index contributed by atoms with van der Waals surface area (Å²) in [7, 11) is -3.88. The van der Waals surface area contributed by atoms with Crippen LogP contribution >= 0.6 is 35.4 Å². The molecule has 1 aliphatic heterocycles. The van der Waals surface area contributed by atoms with Crippen molar-refractivity contribution in [1.82, 2.24) is 9.97 Å². The van der Waals surface area contributed by atoms with Crippen LogP contribution in [0.4, 0.5) is 17.3 Å². The van der Waals surface area contributed by atoms with E-state index in [4.69, 9.17) is 46.3 Å². The third-order valence-corrected chi connectivity index (χ3v) is 7.85. The van der Waals surface area contributed by atoms with E-state index >= 15 is 0 Å². The molecule has 1 aliphatic carbocycles. The minimum atomic E-state index is -3.88. The molecular weight excluding hydrogens is 529 g/mol. The number of anilines is 3. The monoisotopic (exact) mass is 547 g/mol. The number of ketones is 1. The number of Topliss-reactive ketones (excluding diaryl/α,β-unsaturated/α-hetero) is 1. The molecule has 2 aromatic carbocycles. The fourth-order valence-corrected chi connectivity index (χ4v) is 5.96. The number of nitrogens with two attached hydrogens (primary N) is 2. The Labute approximate surface area is 216 Å². The lowest BCUT2D eigenvalue weighted by atomic mass is 9.75. The molecule has 1 aromatic heterocycles. The molecule has 35 heavy (non-hydrogen) atoms. The van der Waals surface area contributed by atoms with Crippen LogP contribution in [0.25, 0.3) is 0 Å². The number of carbonyl (C=O) groups excluding carboxylic acids is 1. The Balaban J connectivity index is 1.83. The summed E-state index contributed by atoms with van der Waals surface area (Å²) in [6, 6.07) is 11.2. The molecule has 0 saturated carbocycles. The Morgan fingerprint density at radius 3 is 2.49 bits per heavy atom. The molecule has 5 rings (SSSR count). The number of aromatic amines is 1. The van der Waals surface area contributed by atoms with Gasteiger partial charge in [0.1, 0.15) is 11.6 Å². The number of carbonyl (C=O) groups is 1. The third-order valence-electron chi connectivity index (χ3n) is 6.16. The van der Waals surface area contributed by atoms with Gasteiger partial charge in [0.2, 0.25) is 10.0 Å². The van der Waals surface area contributed by atoms with Gasteiger partial charge in [-0.05, 0) is 67.0 Å². The minimum absolute atomic E-state index is 0.0269. The van der Waals surface area contributed by atoms with Crippen LogP contribution in [-0.4, -0.2) is 24.2 Å². The molecule has 2 heterocycles. The summed E-state index contributed by atoms with van der Waals surface area (Å²) >= 11 is 18.1. The number of nitrogen functional groups attached to an aromatic ring is 1. The van der Waals surface area contributed by atoms with Crippen molar-refractivity contribution in [2.45, 2.75) is 30.1 Å². The quantitative estimate of drug-likeness (QED) is 0.394. The number of nitrogens with zero attached hydrogens (tertiary/aromatic N) is 2. The highest BCUT2D eigenvalue weighted by Crippen LogP contribution is 2.52. The van der Waals surface area contributed by atoms with E-state index in [2.05, 4.69) is 9.97 Å². The van der Waals surface area contributed by atoms with Crippen molar-refractivity contribution in [2.24, 2.45) is 5.14 Å². The van der Waals surface area contributed by atoms with E-state index in [1.807, 2.05) is 4.90 Å². The average molecular weight is 548 g/mol. The lowest BCUT2D eigenvalue weighted by Gasteiger charge is -2.40. The molecular formula is C23H19Cl2N5O3S2. The Hall–Kier alpha value is -2.76. The molecule has 0 bridgehead atoms. The standard InChI is InChI=1S/C23H19Cl2N5O3S2/c24-11-4-9-14(15(25)10-11)18-19-16(2-1-3-17(19)31)30(22-20(18)21(26)28-23(34)29-22)12-5-7-13(8-6-12)35(27,32)33/h4-10,18H,1-3H2,(H2,27,32,33)(H3,26,28,29,34). The van der Waals surface area contributed by atoms with Crippen molar-refractivity contribution in [2.75, 3.05) is 10.6 Å². The molecule has 0 amide bonds. The number of primary sulfonamides is 1. The Kier molecular flexibility index (Phi) is 5.97. The number of nitrogens with one attached hydrogen (secondary N) is 1. The number of allylic oxidation sites excluding steroid dienone is 2. The number of rotatable bonds is 3. The van der Waals surface area contributed by atoms with Crippen molar-refractivity contribution < 1.29 is 13.2 Å². The summed E-state index contributed by atoms with van der Waals surface area (Å²) in [4.78, 5) is 22.7. The molecule has 0 saturated heterocycles. The van der Waals surface area contributed by atoms with Gasteiger partial charge in [-0.1, -0.05) is 29.3 Å². The van der Waals surface area contributed by atoms with Gasteiger partial charge in [0.05, 0.1) is 4.90 Å². The van der Waals surface area contributed by atoms with Crippen molar-refractivity contribution in [3.63, 3.8) is 0 Å². The molecule has 12 heteroatoms. The number of H-pyrrole nitrogens is 1. The van der Waals surface area contributed by atoms with Crippen LogP contribution in [0.2, 0.25) is 10.0 Å². The molecule has 2 aliphatic rings. The fraction of sp³-hybridized carbons (Fsp3) is 0.174. The van der Waals surface area contributed by atoms with Crippen LogP contribution in [0.5, 0.6) is 0 Å². The summed E-state index contributed by atoms with van der Waals surface area (Å²) in [5.74, 6) is 0.0870. The van der Waals surface area contributed by atoms with Gasteiger partial charge in [-0.2, -0.15) is 0 Å². The van der Waals surface area contributed by atoms with E-state index in [1.165, 1.54) is 12.1 Å². The normalized spacial score (nSPS) is 17.9. The first-order valence-corrected chi connectivity index (χ1v) is 13.3. The summed E-state index contributed by atoms with van der Waals surface area (Å²) in [6.45, 7) is 0. The van der Waals surface area contributed by atoms with E-state index in [9.17, 15) is 13.2 Å². The number of aromatic nitrogens is 2. The Bertz CT molecular complexity index is 1580. The number of benzene rings is 2. The second-order valence-electron chi connectivity index (χ2n) is 8.30. The maximum absolute atomic E-state index is 13.4. The molecule has 1 atom stereocenters. The number of sulfonamides is 1. The van der Waals surface area contributed by atoms with E-state index < -0.39 is 15.9 Å². The van der Waals surface area contributed by atoms with Gasteiger partial charge in [-0.25, -0.2) is 18.5 Å². The first-order chi connectivity index (χ1) is 16.6. The summed E-state index contributed by atoms with van der Waals surface area (Å²) in [5, 5.41) is 6.13. The lowest BCUT2D eigenvalue weighted by Crippen LogP contribution is -2.34. The maximum Gasteiger partial charge on any atom is 0.238 e. The number of fused-ring (bicyclic) bond motifs is 1. The molecule has 0 radical (unpaired) electrons. The van der Waals surface area contributed by atoms with Crippen LogP contribution in [-0.2, 0) is 14.8 Å². The van der Waals surface area contributed by atoms with Crippen molar-refractivity contribution in [3.8, 4) is 0 Å². The Morgan fingerprint density at radius 2 is 1.83 bits per heavy atom. The largest absolute Gasteiger partial charge is 0.385 e. The van der Waals surface area contributed by atoms with Crippen molar-refractivity contribution in [3.05, 3.63) is 79.7 Å². The second kappa shape index (κ2) is 8.72.